The quantitative estimate of drug-likeness (QED) is 0.751. The van der Waals surface area contributed by atoms with Crippen molar-refractivity contribution >= 4 is 34.1 Å². The van der Waals surface area contributed by atoms with Gasteiger partial charge in [0.2, 0.25) is 5.91 Å². The van der Waals surface area contributed by atoms with Gasteiger partial charge in [-0.3, -0.25) is 9.78 Å². The van der Waals surface area contributed by atoms with Crippen molar-refractivity contribution < 1.29 is 4.79 Å². The maximum absolute atomic E-state index is 12.8. The second-order valence-electron chi connectivity index (χ2n) is 5.97. The molecule has 3 nitrogen and oxygen atoms in total. The Balaban J connectivity index is 1.94. The number of hydrogen-bond donors (Lipinski definition) is 1. The van der Waals surface area contributed by atoms with Crippen LogP contribution in [0, 0.1) is 0 Å². The van der Waals surface area contributed by atoms with Gasteiger partial charge in [0, 0.05) is 16.6 Å². The first-order valence-corrected chi connectivity index (χ1v) is 7.77. The molecular weight excluding hydrogens is 308 g/mol. The van der Waals surface area contributed by atoms with E-state index in [1.165, 1.54) is 0 Å². The molecule has 0 spiro atoms. The van der Waals surface area contributed by atoms with E-state index in [1.807, 2.05) is 62.4 Å². The smallest absolute Gasteiger partial charge is 0.234 e. The fraction of sp³-hybridized carbons (Fsp3) is 0.158. The number of aromatic nitrogens is 1. The van der Waals surface area contributed by atoms with Crippen LogP contribution >= 0.6 is 11.6 Å². The highest BCUT2D eigenvalue weighted by molar-refractivity contribution is 6.30. The highest BCUT2D eigenvalue weighted by atomic mass is 35.5. The maximum Gasteiger partial charge on any atom is 0.234 e. The summed E-state index contributed by atoms with van der Waals surface area (Å²) >= 11 is 6.05. The monoisotopic (exact) mass is 324 g/mol. The number of nitrogens with one attached hydrogen (secondary N) is 1. The first kappa shape index (κ1) is 15.5. The number of fused-ring (bicyclic) bond motifs is 1. The van der Waals surface area contributed by atoms with Gasteiger partial charge in [-0.2, -0.15) is 0 Å². The second kappa shape index (κ2) is 6.01. The number of nitrogens with zero attached hydrogens (tertiary/aromatic N) is 1. The van der Waals surface area contributed by atoms with E-state index in [4.69, 9.17) is 11.6 Å². The standard InChI is InChI=1S/C19H17ClN2O/c1-19(2,14-8-4-9-15(20)12-14)18(23)22-16-10-3-6-13-7-5-11-21-17(13)16/h3-12H,1-2H3,(H,22,23). The molecule has 1 amide bonds. The summed E-state index contributed by atoms with van der Waals surface area (Å²) in [5, 5.41) is 4.61. The van der Waals surface area contributed by atoms with Gasteiger partial charge in [0.25, 0.3) is 0 Å². The lowest BCUT2D eigenvalue weighted by atomic mass is 9.83. The average Bonchev–Trinajstić information content (AvgIpc) is 2.55. The lowest BCUT2D eigenvalue weighted by molar-refractivity contribution is -0.120. The number of carbonyl (C=O) groups is 1. The van der Waals surface area contributed by atoms with Gasteiger partial charge in [-0.05, 0) is 43.7 Å². The number of hydrogen-bond acceptors (Lipinski definition) is 2. The molecule has 0 radical (unpaired) electrons. The van der Waals surface area contributed by atoms with E-state index in [0.717, 1.165) is 16.5 Å². The lowest BCUT2D eigenvalue weighted by Crippen LogP contribution is -2.34. The van der Waals surface area contributed by atoms with Crippen LogP contribution in [0.25, 0.3) is 10.9 Å². The zero-order chi connectivity index (χ0) is 16.4. The van der Waals surface area contributed by atoms with Gasteiger partial charge in [0.15, 0.2) is 0 Å². The first-order chi connectivity index (χ1) is 11.0. The van der Waals surface area contributed by atoms with Crippen molar-refractivity contribution in [3.8, 4) is 0 Å². The fourth-order valence-corrected chi connectivity index (χ4v) is 2.68. The van der Waals surface area contributed by atoms with Crippen molar-refractivity contribution in [2.45, 2.75) is 19.3 Å². The number of anilines is 1. The molecule has 0 saturated heterocycles. The van der Waals surface area contributed by atoms with Crippen LogP contribution in [-0.4, -0.2) is 10.9 Å². The third-order valence-electron chi connectivity index (χ3n) is 3.99. The highest BCUT2D eigenvalue weighted by Crippen LogP contribution is 2.28. The Morgan fingerprint density at radius 1 is 1.09 bits per heavy atom. The van der Waals surface area contributed by atoms with Crippen molar-refractivity contribution in [1.29, 1.82) is 0 Å². The molecule has 2 aromatic carbocycles. The summed E-state index contributed by atoms with van der Waals surface area (Å²) in [7, 11) is 0. The minimum Gasteiger partial charge on any atom is -0.323 e. The molecule has 0 atom stereocenters. The van der Waals surface area contributed by atoms with Gasteiger partial charge >= 0.3 is 0 Å². The summed E-state index contributed by atoms with van der Waals surface area (Å²) in [6, 6.07) is 17.0. The zero-order valence-electron chi connectivity index (χ0n) is 13.0. The molecule has 1 heterocycles. The van der Waals surface area contributed by atoms with Crippen LogP contribution in [-0.2, 0) is 10.2 Å². The Bertz CT molecular complexity index is 869. The van der Waals surface area contributed by atoms with Gasteiger partial charge in [-0.25, -0.2) is 0 Å². The number of benzene rings is 2. The minimum absolute atomic E-state index is 0.0991. The number of halogens is 1. The van der Waals surface area contributed by atoms with Crippen LogP contribution in [0.15, 0.2) is 60.8 Å². The van der Waals surface area contributed by atoms with Gasteiger partial charge in [0.05, 0.1) is 16.6 Å². The molecular formula is C19H17ClN2O. The van der Waals surface area contributed by atoms with Gasteiger partial charge in [-0.1, -0.05) is 41.9 Å². The molecule has 0 fully saturated rings. The average molecular weight is 325 g/mol. The SMILES string of the molecule is CC(C)(C(=O)Nc1cccc2cccnc12)c1cccc(Cl)c1. The third-order valence-corrected chi connectivity index (χ3v) is 4.23. The minimum atomic E-state index is -0.707. The van der Waals surface area contributed by atoms with Crippen LogP contribution < -0.4 is 5.32 Å². The molecule has 4 heteroatoms. The molecule has 3 aromatic rings. The van der Waals surface area contributed by atoms with Crippen molar-refractivity contribution in [2.75, 3.05) is 5.32 Å². The fourth-order valence-electron chi connectivity index (χ4n) is 2.49. The van der Waals surface area contributed by atoms with E-state index in [-0.39, 0.29) is 5.91 Å². The molecule has 3 rings (SSSR count). The number of pyridine rings is 1. The van der Waals surface area contributed by atoms with Gasteiger partial charge < -0.3 is 5.32 Å². The zero-order valence-corrected chi connectivity index (χ0v) is 13.8. The molecule has 0 aliphatic rings. The largest absolute Gasteiger partial charge is 0.323 e. The predicted molar refractivity (Wildman–Crippen MR) is 94.9 cm³/mol. The summed E-state index contributed by atoms with van der Waals surface area (Å²) in [5.74, 6) is -0.0991. The van der Waals surface area contributed by atoms with E-state index >= 15 is 0 Å². The number of amides is 1. The molecule has 0 unspecified atom stereocenters. The van der Waals surface area contributed by atoms with Crippen LogP contribution in [0.2, 0.25) is 5.02 Å². The van der Waals surface area contributed by atoms with Crippen molar-refractivity contribution in [3.63, 3.8) is 0 Å². The Kier molecular flexibility index (Phi) is 4.05. The molecule has 0 aliphatic heterocycles. The first-order valence-electron chi connectivity index (χ1n) is 7.40. The Morgan fingerprint density at radius 3 is 2.61 bits per heavy atom. The van der Waals surface area contributed by atoms with Gasteiger partial charge in [0.1, 0.15) is 0 Å². The van der Waals surface area contributed by atoms with Crippen LogP contribution in [0.3, 0.4) is 0 Å². The van der Waals surface area contributed by atoms with Crippen LogP contribution in [0.4, 0.5) is 5.69 Å². The second-order valence-corrected chi connectivity index (χ2v) is 6.41. The Hall–Kier alpha value is -2.39. The van der Waals surface area contributed by atoms with E-state index in [0.29, 0.717) is 10.7 Å². The van der Waals surface area contributed by atoms with E-state index in [2.05, 4.69) is 10.3 Å². The highest BCUT2D eigenvalue weighted by Gasteiger charge is 2.30. The summed E-state index contributed by atoms with van der Waals surface area (Å²) < 4.78 is 0. The maximum atomic E-state index is 12.8. The summed E-state index contributed by atoms with van der Waals surface area (Å²) in [5.41, 5.74) is 1.66. The number of para-hydroxylation sites is 1. The molecule has 0 aliphatic carbocycles. The third kappa shape index (κ3) is 3.06. The van der Waals surface area contributed by atoms with Crippen molar-refractivity contribution in [3.05, 3.63) is 71.4 Å². The molecule has 1 N–H and O–H groups in total. The lowest BCUT2D eigenvalue weighted by Gasteiger charge is -2.24. The van der Waals surface area contributed by atoms with E-state index in [9.17, 15) is 4.79 Å². The summed E-state index contributed by atoms with van der Waals surface area (Å²) in [6.45, 7) is 3.76. The Morgan fingerprint density at radius 2 is 1.83 bits per heavy atom. The predicted octanol–water partition coefficient (Wildman–Crippen LogP) is 4.80. The van der Waals surface area contributed by atoms with Crippen molar-refractivity contribution in [2.24, 2.45) is 0 Å². The molecule has 0 bridgehead atoms. The summed E-state index contributed by atoms with van der Waals surface area (Å²) in [4.78, 5) is 17.2. The number of rotatable bonds is 3. The molecule has 116 valence electrons. The van der Waals surface area contributed by atoms with E-state index < -0.39 is 5.41 Å². The molecule has 23 heavy (non-hydrogen) atoms. The van der Waals surface area contributed by atoms with Crippen molar-refractivity contribution in [1.82, 2.24) is 4.98 Å². The van der Waals surface area contributed by atoms with Gasteiger partial charge in [-0.15, -0.1) is 0 Å². The summed E-state index contributed by atoms with van der Waals surface area (Å²) in [6.07, 6.45) is 1.72. The molecule has 0 saturated carbocycles. The topological polar surface area (TPSA) is 42.0 Å². The van der Waals surface area contributed by atoms with Crippen LogP contribution in [0.1, 0.15) is 19.4 Å². The molecule has 1 aromatic heterocycles. The number of carbonyl (C=O) groups excluding carboxylic acids is 1. The Labute approximate surface area is 140 Å². The van der Waals surface area contributed by atoms with E-state index in [1.54, 1.807) is 12.3 Å². The van der Waals surface area contributed by atoms with Crippen LogP contribution in [0.5, 0.6) is 0 Å². The normalized spacial score (nSPS) is 11.4.